The van der Waals surface area contributed by atoms with E-state index in [0.717, 1.165) is 22.1 Å². The molecule has 0 aliphatic rings. The molecular formula is C15H15NO3S2. The SMILES string of the molecule is Cc1ccc(C(=O)NS(=O)(=O)C=Cc2ccsc2)c(C)c1. The van der Waals surface area contributed by atoms with Crippen LogP contribution in [0, 0.1) is 13.8 Å². The first-order chi connectivity index (χ1) is 9.87. The standard InChI is InChI=1S/C15H15NO3S2/c1-11-3-4-14(12(2)9-11)15(17)16-21(18,19)8-6-13-5-7-20-10-13/h3-10H,1-2H3,(H,16,17). The van der Waals surface area contributed by atoms with Crippen LogP contribution in [0.3, 0.4) is 0 Å². The minimum Gasteiger partial charge on any atom is -0.268 e. The van der Waals surface area contributed by atoms with Crippen molar-refractivity contribution in [3.63, 3.8) is 0 Å². The third kappa shape index (κ3) is 4.27. The van der Waals surface area contributed by atoms with Gasteiger partial charge in [-0.15, -0.1) is 0 Å². The highest BCUT2D eigenvalue weighted by atomic mass is 32.2. The molecule has 0 saturated heterocycles. The van der Waals surface area contributed by atoms with E-state index >= 15 is 0 Å². The summed E-state index contributed by atoms with van der Waals surface area (Å²) in [6, 6.07) is 7.03. The van der Waals surface area contributed by atoms with Crippen LogP contribution in [0.4, 0.5) is 0 Å². The molecule has 0 bridgehead atoms. The lowest BCUT2D eigenvalue weighted by Crippen LogP contribution is -2.29. The van der Waals surface area contributed by atoms with E-state index in [-0.39, 0.29) is 0 Å². The number of rotatable bonds is 4. The number of amides is 1. The molecule has 1 amide bonds. The van der Waals surface area contributed by atoms with Gasteiger partial charge in [0.05, 0.1) is 5.41 Å². The van der Waals surface area contributed by atoms with Gasteiger partial charge in [0.2, 0.25) is 0 Å². The van der Waals surface area contributed by atoms with E-state index in [4.69, 9.17) is 0 Å². The minimum atomic E-state index is -3.81. The van der Waals surface area contributed by atoms with E-state index in [1.165, 1.54) is 17.4 Å². The molecule has 1 aromatic heterocycles. The Kier molecular flexibility index (Phi) is 4.59. The predicted molar refractivity (Wildman–Crippen MR) is 85.7 cm³/mol. The van der Waals surface area contributed by atoms with Crippen LogP contribution in [0.25, 0.3) is 6.08 Å². The molecule has 6 heteroatoms. The molecule has 0 aliphatic carbocycles. The van der Waals surface area contributed by atoms with E-state index in [1.807, 2.05) is 28.5 Å². The first-order valence-electron chi connectivity index (χ1n) is 6.22. The second-order valence-electron chi connectivity index (χ2n) is 4.65. The van der Waals surface area contributed by atoms with Crippen LogP contribution in [0.15, 0.2) is 40.4 Å². The average molecular weight is 321 g/mol. The van der Waals surface area contributed by atoms with Gasteiger partial charge in [-0.1, -0.05) is 17.7 Å². The van der Waals surface area contributed by atoms with Gasteiger partial charge in [0.15, 0.2) is 0 Å². The molecule has 0 spiro atoms. The fourth-order valence-corrected chi connectivity index (χ4v) is 3.23. The Balaban J connectivity index is 2.14. The molecule has 0 unspecified atom stereocenters. The van der Waals surface area contributed by atoms with Crippen molar-refractivity contribution in [2.75, 3.05) is 0 Å². The second-order valence-corrected chi connectivity index (χ2v) is 7.00. The summed E-state index contributed by atoms with van der Waals surface area (Å²) in [5.41, 5.74) is 2.89. The lowest BCUT2D eigenvalue weighted by molar-refractivity contribution is 0.0981. The van der Waals surface area contributed by atoms with Crippen LogP contribution in [0.5, 0.6) is 0 Å². The predicted octanol–water partition coefficient (Wildman–Crippen LogP) is 3.10. The molecule has 0 radical (unpaired) electrons. The Bertz CT molecular complexity index is 775. The monoisotopic (exact) mass is 321 g/mol. The quantitative estimate of drug-likeness (QED) is 0.941. The Morgan fingerprint density at radius 2 is 2.00 bits per heavy atom. The van der Waals surface area contributed by atoms with Crippen molar-refractivity contribution >= 4 is 33.3 Å². The maximum absolute atomic E-state index is 12.0. The van der Waals surface area contributed by atoms with Gasteiger partial charge in [0.25, 0.3) is 15.9 Å². The number of carbonyl (C=O) groups excluding carboxylic acids is 1. The van der Waals surface area contributed by atoms with Gasteiger partial charge in [-0.3, -0.25) is 4.79 Å². The molecule has 4 nitrogen and oxygen atoms in total. The van der Waals surface area contributed by atoms with Gasteiger partial charge in [0, 0.05) is 5.56 Å². The summed E-state index contributed by atoms with van der Waals surface area (Å²) >= 11 is 1.47. The highest BCUT2D eigenvalue weighted by Crippen LogP contribution is 2.12. The third-order valence-electron chi connectivity index (χ3n) is 2.84. The maximum atomic E-state index is 12.0. The molecule has 0 atom stereocenters. The van der Waals surface area contributed by atoms with Crippen molar-refractivity contribution in [1.82, 2.24) is 4.72 Å². The molecular weight excluding hydrogens is 306 g/mol. The van der Waals surface area contributed by atoms with Gasteiger partial charge in [-0.25, -0.2) is 13.1 Å². The smallest absolute Gasteiger partial charge is 0.265 e. The van der Waals surface area contributed by atoms with E-state index in [0.29, 0.717) is 5.56 Å². The van der Waals surface area contributed by atoms with E-state index in [2.05, 4.69) is 0 Å². The van der Waals surface area contributed by atoms with Gasteiger partial charge in [-0.2, -0.15) is 11.3 Å². The topological polar surface area (TPSA) is 63.2 Å². The number of thiophene rings is 1. The zero-order valence-electron chi connectivity index (χ0n) is 11.7. The van der Waals surface area contributed by atoms with Gasteiger partial charge < -0.3 is 0 Å². The minimum absolute atomic E-state index is 0.355. The van der Waals surface area contributed by atoms with Crippen molar-refractivity contribution in [2.24, 2.45) is 0 Å². The summed E-state index contributed by atoms with van der Waals surface area (Å²) < 4.78 is 25.8. The van der Waals surface area contributed by atoms with E-state index < -0.39 is 15.9 Å². The van der Waals surface area contributed by atoms with Gasteiger partial charge in [0.1, 0.15) is 0 Å². The van der Waals surface area contributed by atoms with Crippen molar-refractivity contribution in [3.05, 3.63) is 62.7 Å². The molecule has 1 N–H and O–H groups in total. The van der Waals surface area contributed by atoms with E-state index in [1.54, 1.807) is 25.1 Å². The third-order valence-corrected chi connectivity index (χ3v) is 4.51. The van der Waals surface area contributed by atoms with Crippen molar-refractivity contribution in [3.8, 4) is 0 Å². The number of benzene rings is 1. The molecule has 0 saturated carbocycles. The van der Waals surface area contributed by atoms with Crippen molar-refractivity contribution < 1.29 is 13.2 Å². The summed E-state index contributed by atoms with van der Waals surface area (Å²) in [5.74, 6) is -0.623. The van der Waals surface area contributed by atoms with E-state index in [9.17, 15) is 13.2 Å². The summed E-state index contributed by atoms with van der Waals surface area (Å²) in [4.78, 5) is 12.0. The van der Waals surface area contributed by atoms with Crippen LogP contribution in [0.1, 0.15) is 27.0 Å². The highest BCUT2D eigenvalue weighted by Gasteiger charge is 2.15. The molecule has 0 fully saturated rings. The zero-order valence-corrected chi connectivity index (χ0v) is 13.3. The summed E-state index contributed by atoms with van der Waals surface area (Å²) in [6.07, 6.45) is 1.45. The molecule has 0 aliphatic heterocycles. The number of carbonyl (C=O) groups is 1. The first-order valence-corrected chi connectivity index (χ1v) is 8.71. The molecule has 2 aromatic rings. The Labute approximate surface area is 128 Å². The van der Waals surface area contributed by atoms with Gasteiger partial charge >= 0.3 is 0 Å². The lowest BCUT2D eigenvalue weighted by Gasteiger charge is -2.07. The number of aryl methyl sites for hydroxylation is 2. The normalized spacial score (nSPS) is 11.7. The molecule has 21 heavy (non-hydrogen) atoms. The van der Waals surface area contributed by atoms with Gasteiger partial charge in [-0.05, 0) is 53.9 Å². The zero-order chi connectivity index (χ0) is 15.5. The number of nitrogens with one attached hydrogen (secondary N) is 1. The summed E-state index contributed by atoms with van der Waals surface area (Å²) in [6.45, 7) is 3.69. The summed E-state index contributed by atoms with van der Waals surface area (Å²) in [5, 5.41) is 4.66. The molecule has 1 heterocycles. The van der Waals surface area contributed by atoms with Crippen LogP contribution < -0.4 is 4.72 Å². The average Bonchev–Trinajstić information content (AvgIpc) is 2.88. The molecule has 110 valence electrons. The van der Waals surface area contributed by atoms with Crippen molar-refractivity contribution in [2.45, 2.75) is 13.8 Å². The second kappa shape index (κ2) is 6.24. The number of hydrogen-bond donors (Lipinski definition) is 1. The highest BCUT2D eigenvalue weighted by molar-refractivity contribution is 7.93. The lowest BCUT2D eigenvalue weighted by atomic mass is 10.1. The van der Waals surface area contributed by atoms with Crippen molar-refractivity contribution in [1.29, 1.82) is 0 Å². The van der Waals surface area contributed by atoms with Crippen LogP contribution in [-0.4, -0.2) is 14.3 Å². The number of hydrogen-bond acceptors (Lipinski definition) is 4. The molecule has 1 aromatic carbocycles. The Hall–Kier alpha value is -1.92. The fraction of sp³-hybridized carbons (Fsp3) is 0.133. The molecule has 2 rings (SSSR count). The Morgan fingerprint density at radius 3 is 2.62 bits per heavy atom. The largest absolute Gasteiger partial charge is 0.268 e. The fourth-order valence-electron chi connectivity index (χ4n) is 1.82. The number of sulfonamides is 1. The first kappa shape index (κ1) is 15.5. The van der Waals surface area contributed by atoms with Crippen LogP contribution >= 0.6 is 11.3 Å². The summed E-state index contributed by atoms with van der Waals surface area (Å²) in [7, 11) is -3.81. The Morgan fingerprint density at radius 1 is 1.24 bits per heavy atom. The van der Waals surface area contributed by atoms with Crippen LogP contribution in [-0.2, 0) is 10.0 Å². The maximum Gasteiger partial charge on any atom is 0.265 e. The van der Waals surface area contributed by atoms with Crippen LogP contribution in [0.2, 0.25) is 0 Å².